The lowest BCUT2D eigenvalue weighted by Gasteiger charge is -2.40. The van der Waals surface area contributed by atoms with E-state index in [2.05, 4.69) is 81.5 Å². The summed E-state index contributed by atoms with van der Waals surface area (Å²) in [5.74, 6) is -3.28. The molecule has 0 aromatic carbocycles. The van der Waals surface area contributed by atoms with Gasteiger partial charge in [0, 0.05) is 12.8 Å². The number of rotatable bonds is 53. The minimum absolute atomic E-state index is 0.152. The van der Waals surface area contributed by atoms with Crippen LogP contribution < -0.4 is 0 Å². The molecular formula is C67H112O12. The van der Waals surface area contributed by atoms with Gasteiger partial charge in [-0.25, -0.2) is 4.79 Å². The van der Waals surface area contributed by atoms with Crippen molar-refractivity contribution in [2.75, 3.05) is 13.2 Å². The van der Waals surface area contributed by atoms with Crippen molar-refractivity contribution in [1.29, 1.82) is 0 Å². The number of carboxylic acid groups (broad SMARTS) is 1. The van der Waals surface area contributed by atoms with Crippen LogP contribution in [0.15, 0.2) is 85.1 Å². The van der Waals surface area contributed by atoms with E-state index in [1.807, 2.05) is 12.2 Å². The molecule has 79 heavy (non-hydrogen) atoms. The molecule has 0 bridgehead atoms. The predicted octanol–water partition coefficient (Wildman–Crippen LogP) is 16.7. The molecule has 0 aliphatic carbocycles. The lowest BCUT2D eigenvalue weighted by molar-refractivity contribution is -0.301. The summed E-state index contributed by atoms with van der Waals surface area (Å²) >= 11 is 0. The number of hydrogen-bond donors (Lipinski definition) is 3. The molecule has 6 unspecified atom stereocenters. The maximum Gasteiger partial charge on any atom is 0.335 e. The Bertz CT molecular complexity index is 1700. The minimum Gasteiger partial charge on any atom is -0.479 e. The summed E-state index contributed by atoms with van der Waals surface area (Å²) in [4.78, 5) is 51.2. The Morgan fingerprint density at radius 3 is 1.30 bits per heavy atom. The maximum absolute atomic E-state index is 13.2. The molecule has 12 heteroatoms. The fourth-order valence-electron chi connectivity index (χ4n) is 9.18. The van der Waals surface area contributed by atoms with E-state index in [1.54, 1.807) is 12.2 Å². The first-order chi connectivity index (χ1) is 38.6. The highest BCUT2D eigenvalue weighted by Crippen LogP contribution is 2.26. The Morgan fingerprint density at radius 1 is 0.443 bits per heavy atom. The topological polar surface area (TPSA) is 175 Å². The molecule has 0 saturated carbocycles. The number of carbonyl (C=O) groups excluding carboxylic acids is 3. The average molecular weight is 1110 g/mol. The van der Waals surface area contributed by atoms with E-state index < -0.39 is 67.3 Å². The van der Waals surface area contributed by atoms with Crippen LogP contribution in [0.5, 0.6) is 0 Å². The zero-order valence-electron chi connectivity index (χ0n) is 49.8. The van der Waals surface area contributed by atoms with Gasteiger partial charge in [-0.3, -0.25) is 14.4 Å². The second kappa shape index (κ2) is 54.5. The molecule has 12 nitrogen and oxygen atoms in total. The largest absolute Gasteiger partial charge is 0.479 e. The number of allylic oxidation sites excluding steroid dienone is 13. The third-order valence-electron chi connectivity index (χ3n) is 14.0. The van der Waals surface area contributed by atoms with Crippen LogP contribution in [0.4, 0.5) is 0 Å². The zero-order valence-corrected chi connectivity index (χ0v) is 49.8. The van der Waals surface area contributed by atoms with Gasteiger partial charge in [0.2, 0.25) is 0 Å². The van der Waals surface area contributed by atoms with Gasteiger partial charge in [-0.15, -0.1) is 0 Å². The number of carboxylic acids is 1. The number of ether oxygens (including phenoxy) is 5. The van der Waals surface area contributed by atoms with Gasteiger partial charge in [-0.05, 0) is 77.0 Å². The van der Waals surface area contributed by atoms with Gasteiger partial charge < -0.3 is 39.0 Å². The Labute approximate surface area is 480 Å². The van der Waals surface area contributed by atoms with Crippen molar-refractivity contribution in [3.05, 3.63) is 85.1 Å². The molecular weight excluding hydrogens is 997 g/mol. The smallest absolute Gasteiger partial charge is 0.335 e. The second-order valence-corrected chi connectivity index (χ2v) is 21.3. The molecule has 0 aromatic heterocycles. The first-order valence-corrected chi connectivity index (χ1v) is 31.6. The molecule has 3 N–H and O–H groups in total. The number of carbonyl (C=O) groups is 4. The number of aliphatic hydroxyl groups excluding tert-OH is 2. The maximum atomic E-state index is 13.2. The second-order valence-electron chi connectivity index (χ2n) is 21.3. The summed E-state index contributed by atoms with van der Waals surface area (Å²) in [6.07, 6.45) is 58.6. The highest BCUT2D eigenvalue weighted by Gasteiger charge is 2.50. The monoisotopic (exact) mass is 1110 g/mol. The molecule has 0 amide bonds. The number of aliphatic hydroxyl groups is 2. The predicted molar refractivity (Wildman–Crippen MR) is 321 cm³/mol. The first kappa shape index (κ1) is 72.9. The number of hydrogen-bond acceptors (Lipinski definition) is 11. The number of esters is 3. The van der Waals surface area contributed by atoms with Crippen LogP contribution in [0.3, 0.4) is 0 Å². The van der Waals surface area contributed by atoms with Crippen molar-refractivity contribution in [3.8, 4) is 0 Å². The van der Waals surface area contributed by atoms with E-state index in [-0.39, 0.29) is 25.9 Å². The SMILES string of the molecule is CC/C=C\C/C=C\C/C=C\C/C=C\C/C=C\CC(=O)OC1C(OCC(COC(=O)CCCCCCCCCCC/C=C\C/C=C\CCCCC)OC(=O)CCCCCCCCCCCCCCCCC)OC(C(=O)O)C(O)C1O. The van der Waals surface area contributed by atoms with Crippen molar-refractivity contribution in [1.82, 2.24) is 0 Å². The standard InChI is InChI=1S/C67H112O12/c1-4-7-10-13-16-19-22-25-28-29-30-31-34-35-38-41-44-47-50-53-59(68)75-56-58(77-60(69)54-51-48-45-42-39-36-32-26-23-20-17-14-11-8-5-2)57-76-67-65(63(72)62(71)64(79-67)66(73)74)78-61(70)55-52-49-46-43-40-37-33-27-24-21-18-15-12-9-6-3/h9,12,16,18-19,21,25,27-28,33,40,43,49,52,58,62-65,67,71-72H,4-8,10-11,13-15,17,20,22-24,26,29-32,34-39,41-42,44-48,50-51,53-57H2,1-3H3,(H,73,74)/b12-9-,19-16-,21-18-,28-25-,33-27-,43-40-,52-49-. The molecule has 6 atom stereocenters. The Kier molecular flexibility index (Phi) is 50.3. The lowest BCUT2D eigenvalue weighted by Crippen LogP contribution is -2.61. The van der Waals surface area contributed by atoms with Gasteiger partial charge in [-0.2, -0.15) is 0 Å². The third-order valence-corrected chi connectivity index (χ3v) is 14.0. The van der Waals surface area contributed by atoms with Crippen molar-refractivity contribution >= 4 is 23.9 Å². The van der Waals surface area contributed by atoms with Gasteiger partial charge in [0.05, 0.1) is 13.0 Å². The van der Waals surface area contributed by atoms with Gasteiger partial charge in [0.25, 0.3) is 0 Å². The van der Waals surface area contributed by atoms with Crippen LogP contribution >= 0.6 is 0 Å². The fourth-order valence-corrected chi connectivity index (χ4v) is 9.18. The van der Waals surface area contributed by atoms with Gasteiger partial charge in [0.15, 0.2) is 24.6 Å². The fraction of sp³-hybridized carbons (Fsp3) is 0.731. The molecule has 1 aliphatic heterocycles. The molecule has 0 radical (unpaired) electrons. The average Bonchev–Trinajstić information content (AvgIpc) is 3.44. The molecule has 1 aliphatic rings. The van der Waals surface area contributed by atoms with E-state index in [0.29, 0.717) is 19.3 Å². The number of aliphatic carboxylic acids is 1. The third kappa shape index (κ3) is 44.3. The van der Waals surface area contributed by atoms with E-state index in [9.17, 15) is 34.5 Å². The first-order valence-electron chi connectivity index (χ1n) is 31.6. The van der Waals surface area contributed by atoms with E-state index in [1.165, 1.54) is 128 Å². The van der Waals surface area contributed by atoms with Crippen molar-refractivity contribution in [3.63, 3.8) is 0 Å². The highest BCUT2D eigenvalue weighted by atomic mass is 16.7. The zero-order chi connectivity index (χ0) is 57.5. The highest BCUT2D eigenvalue weighted by molar-refractivity contribution is 5.74. The van der Waals surface area contributed by atoms with Crippen molar-refractivity contribution in [2.24, 2.45) is 0 Å². The molecule has 452 valence electrons. The Hall–Kier alpha value is -4.10. The Morgan fingerprint density at radius 2 is 0.835 bits per heavy atom. The minimum atomic E-state index is -1.94. The van der Waals surface area contributed by atoms with Gasteiger partial charge in [-0.1, -0.05) is 254 Å². The normalized spacial score (nSPS) is 18.4. The Balaban J connectivity index is 2.70. The van der Waals surface area contributed by atoms with Crippen LogP contribution in [-0.4, -0.2) is 89.2 Å². The summed E-state index contributed by atoms with van der Waals surface area (Å²) in [5.41, 5.74) is 0. The molecule has 0 aromatic rings. The van der Waals surface area contributed by atoms with E-state index in [4.69, 9.17) is 23.7 Å². The summed E-state index contributed by atoms with van der Waals surface area (Å²) in [7, 11) is 0. The van der Waals surface area contributed by atoms with E-state index >= 15 is 0 Å². The summed E-state index contributed by atoms with van der Waals surface area (Å²) in [5, 5.41) is 31.5. The van der Waals surface area contributed by atoms with Crippen LogP contribution in [0, 0.1) is 0 Å². The van der Waals surface area contributed by atoms with Crippen LogP contribution in [0.1, 0.15) is 265 Å². The van der Waals surface area contributed by atoms with Gasteiger partial charge >= 0.3 is 23.9 Å². The van der Waals surface area contributed by atoms with Crippen molar-refractivity contribution in [2.45, 2.75) is 302 Å². The van der Waals surface area contributed by atoms with Crippen LogP contribution in [0.2, 0.25) is 0 Å². The summed E-state index contributed by atoms with van der Waals surface area (Å²) < 4.78 is 28.4. The quantitative estimate of drug-likeness (QED) is 0.0228. The summed E-state index contributed by atoms with van der Waals surface area (Å²) in [6, 6.07) is 0. The van der Waals surface area contributed by atoms with E-state index in [0.717, 1.165) is 77.0 Å². The molecule has 1 fully saturated rings. The molecule has 1 heterocycles. The van der Waals surface area contributed by atoms with Gasteiger partial charge in [0.1, 0.15) is 18.8 Å². The lowest BCUT2D eigenvalue weighted by atomic mass is 9.98. The molecule has 1 saturated heterocycles. The van der Waals surface area contributed by atoms with Crippen LogP contribution in [0.25, 0.3) is 0 Å². The van der Waals surface area contributed by atoms with Crippen molar-refractivity contribution < 1.29 is 58.2 Å². The molecule has 0 spiro atoms. The van der Waals surface area contributed by atoms with Crippen LogP contribution in [-0.2, 0) is 42.9 Å². The number of unbranched alkanes of at least 4 members (excludes halogenated alkanes) is 26. The summed E-state index contributed by atoms with van der Waals surface area (Å²) in [6.45, 7) is 5.83. The molecule has 1 rings (SSSR count).